The SMILES string of the molecule is C.C.C.Cc1ccccn1.Cc1ccncn1.Cc1cnccn1.Cc1ncccn1. The standard InChI is InChI=1S/C6H7N.3C5H6N2.3CH4/c1-6-4-2-3-5-7-6;1-5-4-6-2-3-7-5;1-5-2-3-6-4-7-5;1-5-6-3-2-4-7-5;;;/h2-5H,1H3;3*2-4H,1H3;3*1H4. The van der Waals surface area contributed by atoms with Crippen molar-refractivity contribution >= 4 is 0 Å². The van der Waals surface area contributed by atoms with Crippen LogP contribution in [-0.4, -0.2) is 34.9 Å². The monoisotopic (exact) mass is 423 g/mol. The lowest BCUT2D eigenvalue weighted by Gasteiger charge is -1.82. The van der Waals surface area contributed by atoms with Crippen LogP contribution in [0.15, 0.2) is 80.0 Å². The molecule has 4 rings (SSSR count). The number of hydrogen-bond acceptors (Lipinski definition) is 7. The second-order valence-electron chi connectivity index (χ2n) is 5.46. The van der Waals surface area contributed by atoms with Gasteiger partial charge in [-0.2, -0.15) is 0 Å². The van der Waals surface area contributed by atoms with Crippen LogP contribution in [-0.2, 0) is 0 Å². The summed E-state index contributed by atoms with van der Waals surface area (Å²) >= 11 is 0. The van der Waals surface area contributed by atoms with Crippen LogP contribution in [0.5, 0.6) is 0 Å². The molecule has 0 aliphatic heterocycles. The molecule has 0 bridgehead atoms. The topological polar surface area (TPSA) is 90.2 Å². The van der Waals surface area contributed by atoms with Crippen molar-refractivity contribution in [3.8, 4) is 0 Å². The van der Waals surface area contributed by atoms with Crippen LogP contribution in [0.4, 0.5) is 0 Å². The number of rotatable bonds is 0. The first-order valence-electron chi connectivity index (χ1n) is 8.64. The Morgan fingerprint density at radius 1 is 0.484 bits per heavy atom. The third-order valence-electron chi connectivity index (χ3n) is 2.93. The van der Waals surface area contributed by atoms with Gasteiger partial charge in [-0.25, -0.2) is 19.9 Å². The van der Waals surface area contributed by atoms with Gasteiger partial charge < -0.3 is 0 Å². The number of hydrogen-bond donors (Lipinski definition) is 0. The van der Waals surface area contributed by atoms with Crippen LogP contribution >= 0.6 is 0 Å². The Bertz CT molecular complexity index is 694. The summed E-state index contributed by atoms with van der Waals surface area (Å²) < 4.78 is 0. The Morgan fingerprint density at radius 2 is 1.10 bits per heavy atom. The summed E-state index contributed by atoms with van der Waals surface area (Å²) in [7, 11) is 0. The summed E-state index contributed by atoms with van der Waals surface area (Å²) in [4.78, 5) is 27.1. The van der Waals surface area contributed by atoms with Gasteiger partial charge in [0.15, 0.2) is 0 Å². The second-order valence-corrected chi connectivity index (χ2v) is 5.46. The lowest BCUT2D eigenvalue weighted by Crippen LogP contribution is -1.80. The van der Waals surface area contributed by atoms with Gasteiger partial charge in [0.1, 0.15) is 12.2 Å². The lowest BCUT2D eigenvalue weighted by molar-refractivity contribution is 1.05. The van der Waals surface area contributed by atoms with Crippen molar-refractivity contribution < 1.29 is 0 Å². The predicted octanol–water partition coefficient (Wildman–Crippen LogP) is 5.65. The van der Waals surface area contributed by atoms with Gasteiger partial charge in [-0.3, -0.25) is 15.0 Å². The molecule has 7 heteroatoms. The Balaban J connectivity index is -0.000000327. The van der Waals surface area contributed by atoms with Gasteiger partial charge in [0.25, 0.3) is 0 Å². The molecule has 168 valence electrons. The van der Waals surface area contributed by atoms with Crippen LogP contribution in [0.2, 0.25) is 0 Å². The molecule has 0 radical (unpaired) electrons. The molecule has 0 N–H and O–H groups in total. The van der Waals surface area contributed by atoms with E-state index in [1.165, 1.54) is 6.33 Å². The maximum Gasteiger partial charge on any atom is 0.125 e. The van der Waals surface area contributed by atoms with E-state index < -0.39 is 0 Å². The maximum absolute atomic E-state index is 3.98. The molecule has 31 heavy (non-hydrogen) atoms. The van der Waals surface area contributed by atoms with Crippen molar-refractivity contribution in [3.63, 3.8) is 0 Å². The van der Waals surface area contributed by atoms with Crippen molar-refractivity contribution in [3.05, 3.63) is 103 Å². The summed E-state index contributed by atoms with van der Waals surface area (Å²) in [6, 6.07) is 9.52. The van der Waals surface area contributed by atoms with Crippen molar-refractivity contribution in [2.45, 2.75) is 50.0 Å². The minimum absolute atomic E-state index is 0. The van der Waals surface area contributed by atoms with Crippen LogP contribution in [0.25, 0.3) is 0 Å². The fourth-order valence-corrected chi connectivity index (χ4v) is 1.55. The van der Waals surface area contributed by atoms with E-state index in [2.05, 4.69) is 34.9 Å². The third-order valence-corrected chi connectivity index (χ3v) is 2.93. The zero-order valence-corrected chi connectivity index (χ0v) is 16.6. The quantitative estimate of drug-likeness (QED) is 0.361. The van der Waals surface area contributed by atoms with E-state index in [-0.39, 0.29) is 22.3 Å². The smallest absolute Gasteiger partial charge is 0.125 e. The highest BCUT2D eigenvalue weighted by Crippen LogP contribution is 1.86. The molecule has 4 heterocycles. The Labute approximate surface area is 188 Å². The average Bonchev–Trinajstić information content (AvgIpc) is 2.72. The van der Waals surface area contributed by atoms with Crippen LogP contribution in [0, 0.1) is 27.7 Å². The fraction of sp³-hybridized carbons (Fsp3) is 0.292. The summed E-state index contributed by atoms with van der Waals surface area (Å²) in [5.41, 5.74) is 3.04. The summed E-state index contributed by atoms with van der Waals surface area (Å²) in [6.07, 6.45) is 13.6. The number of nitrogens with zero attached hydrogens (tertiary/aromatic N) is 7. The van der Waals surface area contributed by atoms with E-state index in [4.69, 9.17) is 0 Å². The van der Waals surface area contributed by atoms with Gasteiger partial charge in [-0.15, -0.1) is 0 Å². The third kappa shape index (κ3) is 19.5. The van der Waals surface area contributed by atoms with Gasteiger partial charge in [0, 0.05) is 54.8 Å². The highest BCUT2D eigenvalue weighted by molar-refractivity contribution is 5.00. The minimum atomic E-state index is 0. The summed E-state index contributed by atoms with van der Waals surface area (Å²) in [5.74, 6) is 0.822. The molecule has 0 aliphatic carbocycles. The van der Waals surface area contributed by atoms with E-state index in [0.717, 1.165) is 22.9 Å². The highest BCUT2D eigenvalue weighted by Gasteiger charge is 1.76. The molecule has 7 nitrogen and oxygen atoms in total. The molecule has 0 atom stereocenters. The fourth-order valence-electron chi connectivity index (χ4n) is 1.55. The van der Waals surface area contributed by atoms with Crippen molar-refractivity contribution in [1.82, 2.24) is 34.9 Å². The summed E-state index contributed by atoms with van der Waals surface area (Å²) in [6.45, 7) is 7.68. The number of aromatic nitrogens is 7. The Hall–Kier alpha value is -3.61. The first kappa shape index (κ1) is 32.1. The number of pyridine rings is 1. The largest absolute Gasteiger partial charge is 0.262 e. The molecular weight excluding hydrogens is 386 g/mol. The molecule has 0 fully saturated rings. The van der Waals surface area contributed by atoms with Crippen molar-refractivity contribution in [2.24, 2.45) is 0 Å². The summed E-state index contributed by atoms with van der Waals surface area (Å²) in [5, 5.41) is 0. The van der Waals surface area contributed by atoms with Gasteiger partial charge in [0.05, 0.1) is 5.69 Å². The van der Waals surface area contributed by atoms with Crippen LogP contribution < -0.4 is 0 Å². The molecule has 0 unspecified atom stereocenters. The molecule has 0 amide bonds. The molecule has 0 spiro atoms. The van der Waals surface area contributed by atoms with Crippen molar-refractivity contribution in [2.75, 3.05) is 0 Å². The van der Waals surface area contributed by atoms with Crippen LogP contribution in [0.3, 0.4) is 0 Å². The van der Waals surface area contributed by atoms with E-state index >= 15 is 0 Å². The Kier molecular flexibility index (Phi) is 21.8. The van der Waals surface area contributed by atoms with E-state index in [0.29, 0.717) is 0 Å². The maximum atomic E-state index is 3.98. The van der Waals surface area contributed by atoms with Gasteiger partial charge in [0.2, 0.25) is 0 Å². The average molecular weight is 424 g/mol. The van der Waals surface area contributed by atoms with Crippen LogP contribution in [0.1, 0.15) is 45.2 Å². The molecular formula is C24H37N7. The molecule has 4 aromatic heterocycles. The first-order chi connectivity index (χ1) is 13.6. The molecule has 0 aliphatic rings. The molecule has 0 aromatic carbocycles. The molecule has 0 saturated heterocycles. The molecule has 0 saturated carbocycles. The Morgan fingerprint density at radius 3 is 1.35 bits per heavy atom. The van der Waals surface area contributed by atoms with Gasteiger partial charge in [-0.05, 0) is 52.0 Å². The van der Waals surface area contributed by atoms with Gasteiger partial charge >= 0.3 is 0 Å². The van der Waals surface area contributed by atoms with E-state index in [9.17, 15) is 0 Å². The van der Waals surface area contributed by atoms with E-state index in [1.54, 1.807) is 49.4 Å². The van der Waals surface area contributed by atoms with E-state index in [1.807, 2.05) is 52.0 Å². The van der Waals surface area contributed by atoms with Crippen molar-refractivity contribution in [1.29, 1.82) is 0 Å². The van der Waals surface area contributed by atoms with Gasteiger partial charge in [-0.1, -0.05) is 28.3 Å². The number of aryl methyl sites for hydroxylation is 4. The normalized spacial score (nSPS) is 7.87. The first-order valence-corrected chi connectivity index (χ1v) is 8.64. The second kappa shape index (κ2) is 21.1. The zero-order valence-electron chi connectivity index (χ0n) is 16.6. The molecule has 4 aromatic rings. The minimum Gasteiger partial charge on any atom is -0.262 e. The highest BCUT2D eigenvalue weighted by atomic mass is 14.8. The zero-order chi connectivity index (χ0) is 20.5. The lowest BCUT2D eigenvalue weighted by atomic mass is 10.4. The predicted molar refractivity (Wildman–Crippen MR) is 129 cm³/mol.